The molecular formula is C24H26N2O5S. The van der Waals surface area contributed by atoms with Gasteiger partial charge in [-0.15, -0.1) is 11.3 Å². The molecule has 7 nitrogen and oxygen atoms in total. The molecule has 0 spiro atoms. The lowest BCUT2D eigenvalue weighted by Crippen LogP contribution is -2.22. The van der Waals surface area contributed by atoms with Crippen LogP contribution in [0.3, 0.4) is 0 Å². The van der Waals surface area contributed by atoms with Gasteiger partial charge in [-0.1, -0.05) is 18.6 Å². The van der Waals surface area contributed by atoms with Crippen LogP contribution in [-0.4, -0.2) is 25.1 Å². The highest BCUT2D eigenvalue weighted by atomic mass is 32.1. The predicted octanol–water partition coefficient (Wildman–Crippen LogP) is 5.07. The molecule has 0 radical (unpaired) electrons. The molecule has 3 aromatic rings. The van der Waals surface area contributed by atoms with Crippen LogP contribution in [-0.2, 0) is 17.6 Å². The second kappa shape index (κ2) is 9.56. The number of benzene rings is 1. The fourth-order valence-corrected chi connectivity index (χ4v) is 5.26. The number of esters is 1. The van der Waals surface area contributed by atoms with Crippen molar-refractivity contribution in [3.63, 3.8) is 0 Å². The topological polar surface area (TPSA) is 102 Å². The third-order valence-corrected chi connectivity index (χ3v) is 6.64. The van der Waals surface area contributed by atoms with Crippen molar-refractivity contribution in [1.29, 1.82) is 5.41 Å². The van der Waals surface area contributed by atoms with Gasteiger partial charge in [0.05, 0.1) is 18.8 Å². The maximum Gasteiger partial charge on any atom is 0.341 e. The Bertz CT molecular complexity index is 1230. The third kappa shape index (κ3) is 4.27. The van der Waals surface area contributed by atoms with E-state index < -0.39 is 11.9 Å². The number of carbonyl (C=O) groups excluding carboxylic acids is 2. The SMILES string of the molecule is CCOC(=O)c1c(NC(=O)c2cc3cccc(OCC)c3oc2=N)sc2c1CCCCC2. The van der Waals surface area contributed by atoms with Crippen LogP contribution in [0.4, 0.5) is 5.00 Å². The van der Waals surface area contributed by atoms with E-state index in [1.54, 1.807) is 25.1 Å². The van der Waals surface area contributed by atoms with Crippen molar-refractivity contribution in [2.45, 2.75) is 46.0 Å². The van der Waals surface area contributed by atoms with Gasteiger partial charge < -0.3 is 19.2 Å². The van der Waals surface area contributed by atoms with E-state index in [1.165, 1.54) is 11.3 Å². The molecule has 0 atom stereocenters. The standard InChI is InChI=1S/C24H26N2O5S/c1-3-29-17-11-8-9-14-13-16(21(25)31-20(14)17)22(27)26-23-19(24(28)30-4-2)15-10-6-5-7-12-18(15)32-23/h8-9,11,13,25H,3-7,10,12H2,1-2H3,(H,26,27). The van der Waals surface area contributed by atoms with Crippen LogP contribution in [0.5, 0.6) is 5.75 Å². The van der Waals surface area contributed by atoms with Crippen molar-refractivity contribution in [3.8, 4) is 5.75 Å². The lowest BCUT2D eigenvalue weighted by atomic mass is 10.1. The van der Waals surface area contributed by atoms with Gasteiger partial charge in [-0.25, -0.2) is 4.79 Å². The molecule has 0 unspecified atom stereocenters. The molecule has 0 fully saturated rings. The average molecular weight is 455 g/mol. The number of thiophene rings is 1. The molecular weight excluding hydrogens is 428 g/mol. The van der Waals surface area contributed by atoms with E-state index in [-0.39, 0.29) is 17.7 Å². The molecule has 168 valence electrons. The van der Waals surface area contributed by atoms with Crippen molar-refractivity contribution in [1.82, 2.24) is 0 Å². The Morgan fingerprint density at radius 3 is 2.75 bits per heavy atom. The first-order chi connectivity index (χ1) is 15.5. The van der Waals surface area contributed by atoms with Gasteiger partial charge in [0.1, 0.15) is 10.6 Å². The summed E-state index contributed by atoms with van der Waals surface area (Å²) in [4.78, 5) is 27.0. The minimum Gasteiger partial charge on any atom is -0.490 e. The molecule has 8 heteroatoms. The molecule has 1 aliphatic carbocycles. The molecule has 2 N–H and O–H groups in total. The number of hydrogen-bond donors (Lipinski definition) is 2. The lowest BCUT2D eigenvalue weighted by Gasteiger charge is -2.10. The predicted molar refractivity (Wildman–Crippen MR) is 123 cm³/mol. The molecule has 0 bridgehead atoms. The number of amides is 1. The number of aryl methyl sites for hydroxylation is 1. The van der Waals surface area contributed by atoms with Gasteiger partial charge in [-0.05, 0) is 57.2 Å². The smallest absolute Gasteiger partial charge is 0.341 e. The van der Waals surface area contributed by atoms with Crippen LogP contribution in [0.1, 0.15) is 64.3 Å². The zero-order valence-electron chi connectivity index (χ0n) is 18.2. The summed E-state index contributed by atoms with van der Waals surface area (Å²) in [6.45, 7) is 4.36. The van der Waals surface area contributed by atoms with Crippen LogP contribution in [0.15, 0.2) is 28.7 Å². The van der Waals surface area contributed by atoms with E-state index in [1.807, 2.05) is 13.0 Å². The summed E-state index contributed by atoms with van der Waals surface area (Å²) < 4.78 is 16.5. The fourth-order valence-electron chi connectivity index (χ4n) is 3.99. The highest BCUT2D eigenvalue weighted by molar-refractivity contribution is 7.17. The maximum absolute atomic E-state index is 13.1. The van der Waals surface area contributed by atoms with Crippen LogP contribution < -0.4 is 15.6 Å². The first-order valence-electron chi connectivity index (χ1n) is 10.9. The number of carbonyl (C=O) groups is 2. The molecule has 2 aromatic heterocycles. The highest BCUT2D eigenvalue weighted by Gasteiger charge is 2.27. The Kier molecular flexibility index (Phi) is 6.60. The van der Waals surface area contributed by atoms with Crippen molar-refractivity contribution in [3.05, 3.63) is 51.4 Å². The van der Waals surface area contributed by atoms with Crippen LogP contribution in [0.25, 0.3) is 11.0 Å². The Morgan fingerprint density at radius 1 is 1.16 bits per heavy atom. The monoisotopic (exact) mass is 454 g/mol. The van der Waals surface area contributed by atoms with Gasteiger partial charge in [0.15, 0.2) is 11.3 Å². The Hall–Kier alpha value is -3.13. The van der Waals surface area contributed by atoms with Crippen molar-refractivity contribution in [2.24, 2.45) is 0 Å². The van der Waals surface area contributed by atoms with Crippen molar-refractivity contribution >= 4 is 39.2 Å². The van der Waals surface area contributed by atoms with E-state index in [9.17, 15) is 9.59 Å². The largest absolute Gasteiger partial charge is 0.490 e. The van der Waals surface area contributed by atoms with Gasteiger partial charge >= 0.3 is 5.97 Å². The molecule has 4 rings (SSSR count). The molecule has 0 saturated heterocycles. The zero-order chi connectivity index (χ0) is 22.7. The summed E-state index contributed by atoms with van der Waals surface area (Å²) in [6.07, 6.45) is 4.87. The fraction of sp³-hybridized carbons (Fsp3) is 0.375. The normalized spacial score (nSPS) is 13.3. The molecule has 32 heavy (non-hydrogen) atoms. The minimum atomic E-state index is -0.496. The summed E-state index contributed by atoms with van der Waals surface area (Å²) in [5.74, 6) is -0.390. The summed E-state index contributed by atoms with van der Waals surface area (Å²) in [5.41, 5.74) is 1.68. The molecule has 2 heterocycles. The molecule has 1 amide bonds. The summed E-state index contributed by atoms with van der Waals surface area (Å²) in [6, 6.07) is 6.98. The number of anilines is 1. The number of nitrogens with one attached hydrogen (secondary N) is 2. The number of fused-ring (bicyclic) bond motifs is 2. The Morgan fingerprint density at radius 2 is 1.97 bits per heavy atom. The average Bonchev–Trinajstić information content (AvgIpc) is 2.94. The second-order valence-electron chi connectivity index (χ2n) is 7.54. The van der Waals surface area contributed by atoms with Gasteiger partial charge in [0.2, 0.25) is 5.55 Å². The van der Waals surface area contributed by atoms with Gasteiger partial charge in [-0.3, -0.25) is 10.2 Å². The van der Waals surface area contributed by atoms with E-state index in [0.717, 1.165) is 42.5 Å². The van der Waals surface area contributed by atoms with E-state index >= 15 is 0 Å². The lowest BCUT2D eigenvalue weighted by molar-refractivity contribution is 0.0527. The molecule has 0 saturated carbocycles. The van der Waals surface area contributed by atoms with Crippen LogP contribution in [0, 0.1) is 5.41 Å². The highest BCUT2D eigenvalue weighted by Crippen LogP contribution is 2.38. The maximum atomic E-state index is 13.1. The number of rotatable bonds is 6. The Balaban J connectivity index is 1.71. The zero-order valence-corrected chi connectivity index (χ0v) is 19.0. The van der Waals surface area contributed by atoms with E-state index in [0.29, 0.717) is 33.9 Å². The second-order valence-corrected chi connectivity index (χ2v) is 8.65. The quantitative estimate of drug-likeness (QED) is 0.400. The Labute approximate surface area is 189 Å². The van der Waals surface area contributed by atoms with Crippen LogP contribution >= 0.6 is 11.3 Å². The summed E-state index contributed by atoms with van der Waals surface area (Å²) in [7, 11) is 0. The van der Waals surface area contributed by atoms with Crippen molar-refractivity contribution < 1.29 is 23.5 Å². The third-order valence-electron chi connectivity index (χ3n) is 5.43. The van der Waals surface area contributed by atoms with E-state index in [2.05, 4.69) is 5.32 Å². The van der Waals surface area contributed by atoms with Crippen LogP contribution in [0.2, 0.25) is 0 Å². The summed E-state index contributed by atoms with van der Waals surface area (Å²) >= 11 is 1.43. The van der Waals surface area contributed by atoms with Gasteiger partial charge in [0, 0.05) is 10.3 Å². The van der Waals surface area contributed by atoms with Crippen molar-refractivity contribution in [2.75, 3.05) is 18.5 Å². The number of ether oxygens (including phenoxy) is 2. The molecule has 0 aliphatic heterocycles. The van der Waals surface area contributed by atoms with Gasteiger partial charge in [0.25, 0.3) is 5.91 Å². The number of hydrogen-bond acceptors (Lipinski definition) is 7. The first kappa shape index (κ1) is 22.1. The molecule has 1 aromatic carbocycles. The van der Waals surface area contributed by atoms with Gasteiger partial charge in [-0.2, -0.15) is 0 Å². The number of para-hydroxylation sites is 1. The summed E-state index contributed by atoms with van der Waals surface area (Å²) in [5, 5.41) is 12.3. The minimum absolute atomic E-state index is 0.0875. The first-order valence-corrected chi connectivity index (χ1v) is 11.7. The molecule has 1 aliphatic rings. The van der Waals surface area contributed by atoms with E-state index in [4.69, 9.17) is 19.3 Å².